The Balaban J connectivity index is 2.43. The minimum atomic E-state index is -0.334. The predicted octanol–water partition coefficient (Wildman–Crippen LogP) is 4.09. The van der Waals surface area contributed by atoms with E-state index >= 15 is 0 Å². The van der Waals surface area contributed by atoms with Crippen molar-refractivity contribution in [1.82, 2.24) is 0 Å². The number of benzene rings is 1. The lowest BCUT2D eigenvalue weighted by Crippen LogP contribution is -1.99. The van der Waals surface area contributed by atoms with E-state index in [0.29, 0.717) is 0 Å². The van der Waals surface area contributed by atoms with Crippen molar-refractivity contribution in [3.05, 3.63) is 29.8 Å². The van der Waals surface area contributed by atoms with Crippen molar-refractivity contribution < 1.29 is 9.84 Å². The molecule has 17 heavy (non-hydrogen) atoms. The van der Waals surface area contributed by atoms with Crippen LogP contribution in [0.1, 0.15) is 57.6 Å². The van der Waals surface area contributed by atoms with Gasteiger partial charge in [0.05, 0.1) is 12.7 Å². The van der Waals surface area contributed by atoms with Crippen molar-refractivity contribution >= 4 is 0 Å². The van der Waals surface area contributed by atoms with E-state index in [1.807, 2.05) is 24.3 Å². The van der Waals surface area contributed by atoms with E-state index in [-0.39, 0.29) is 6.10 Å². The van der Waals surface area contributed by atoms with Crippen molar-refractivity contribution in [3.8, 4) is 5.75 Å². The molecule has 1 N–H and O–H groups in total. The quantitative estimate of drug-likeness (QED) is 0.689. The van der Waals surface area contributed by atoms with Gasteiger partial charge in [-0.05, 0) is 30.5 Å². The third-order valence-corrected chi connectivity index (χ3v) is 2.86. The van der Waals surface area contributed by atoms with Crippen LogP contribution in [0.4, 0.5) is 0 Å². The summed E-state index contributed by atoms with van der Waals surface area (Å²) in [4.78, 5) is 0. The minimum absolute atomic E-state index is 0.334. The highest BCUT2D eigenvalue weighted by Gasteiger charge is 2.06. The summed E-state index contributed by atoms with van der Waals surface area (Å²) in [5.74, 6) is 0.893. The van der Waals surface area contributed by atoms with Crippen LogP contribution in [0.5, 0.6) is 5.75 Å². The molecule has 1 aromatic carbocycles. The molecule has 1 unspecified atom stereocenters. The van der Waals surface area contributed by atoms with Crippen molar-refractivity contribution in [2.24, 2.45) is 0 Å². The predicted molar refractivity (Wildman–Crippen MR) is 71.3 cm³/mol. The molecular weight excluding hydrogens is 212 g/mol. The topological polar surface area (TPSA) is 29.5 Å². The number of unbranched alkanes of at least 4 members (excludes halogenated alkanes) is 2. The van der Waals surface area contributed by atoms with E-state index in [1.54, 1.807) is 0 Å². The van der Waals surface area contributed by atoms with Gasteiger partial charge in [0.2, 0.25) is 0 Å². The van der Waals surface area contributed by atoms with E-state index < -0.39 is 0 Å². The molecule has 0 amide bonds. The highest BCUT2D eigenvalue weighted by atomic mass is 16.5. The molecule has 0 saturated carbocycles. The Morgan fingerprint density at radius 3 is 2.29 bits per heavy atom. The summed E-state index contributed by atoms with van der Waals surface area (Å²) in [5.41, 5.74) is 0.987. The molecule has 0 aliphatic carbocycles. The van der Waals surface area contributed by atoms with Crippen molar-refractivity contribution in [2.75, 3.05) is 6.61 Å². The summed E-state index contributed by atoms with van der Waals surface area (Å²) in [6.07, 6.45) is 4.92. The van der Waals surface area contributed by atoms with E-state index in [9.17, 15) is 5.11 Å². The van der Waals surface area contributed by atoms with Crippen molar-refractivity contribution in [1.29, 1.82) is 0 Å². The van der Waals surface area contributed by atoms with Crippen molar-refractivity contribution in [3.63, 3.8) is 0 Å². The molecular formula is C15H24O2. The Labute approximate surface area is 105 Å². The Hall–Kier alpha value is -1.02. The lowest BCUT2D eigenvalue weighted by Gasteiger charge is -2.11. The maximum absolute atomic E-state index is 9.92. The summed E-state index contributed by atoms with van der Waals surface area (Å²) < 4.78 is 5.58. The molecule has 0 heterocycles. The average Bonchev–Trinajstić information content (AvgIpc) is 2.37. The SMILES string of the molecule is CCCCOc1ccc(C(O)CCCC)cc1. The number of aliphatic hydroxyl groups is 1. The number of hydrogen-bond donors (Lipinski definition) is 1. The van der Waals surface area contributed by atoms with E-state index in [1.165, 1.54) is 0 Å². The second kappa shape index (κ2) is 8.13. The van der Waals surface area contributed by atoms with Gasteiger partial charge >= 0.3 is 0 Å². The van der Waals surface area contributed by atoms with Gasteiger partial charge in [-0.25, -0.2) is 0 Å². The molecule has 0 saturated heterocycles. The molecule has 0 radical (unpaired) electrons. The molecule has 0 aliphatic heterocycles. The standard InChI is InChI=1S/C15H24O2/c1-3-5-7-15(16)13-8-10-14(11-9-13)17-12-6-4-2/h8-11,15-16H,3-7,12H2,1-2H3. The maximum atomic E-state index is 9.92. The van der Waals surface area contributed by atoms with Crippen LogP contribution >= 0.6 is 0 Å². The van der Waals surface area contributed by atoms with E-state index in [4.69, 9.17) is 4.74 Å². The molecule has 0 fully saturated rings. The van der Waals surface area contributed by atoms with Gasteiger partial charge < -0.3 is 9.84 Å². The number of aliphatic hydroxyl groups excluding tert-OH is 1. The first-order valence-electron chi connectivity index (χ1n) is 6.68. The van der Waals surface area contributed by atoms with Gasteiger partial charge in [0.1, 0.15) is 5.75 Å². The monoisotopic (exact) mass is 236 g/mol. The molecule has 2 heteroatoms. The number of ether oxygens (including phenoxy) is 1. The Kier molecular flexibility index (Phi) is 6.71. The van der Waals surface area contributed by atoms with Gasteiger partial charge in [0.15, 0.2) is 0 Å². The molecule has 0 spiro atoms. The van der Waals surface area contributed by atoms with Crippen LogP contribution in [0.2, 0.25) is 0 Å². The normalized spacial score (nSPS) is 12.4. The summed E-state index contributed by atoms with van der Waals surface area (Å²) in [6.45, 7) is 5.06. The van der Waals surface area contributed by atoms with E-state index in [2.05, 4.69) is 13.8 Å². The fourth-order valence-electron chi connectivity index (χ4n) is 1.68. The van der Waals surface area contributed by atoms with Crippen LogP contribution in [0, 0.1) is 0 Å². The summed E-state index contributed by atoms with van der Waals surface area (Å²) in [5, 5.41) is 9.92. The van der Waals surface area contributed by atoms with Gasteiger partial charge in [0, 0.05) is 0 Å². The zero-order valence-electron chi connectivity index (χ0n) is 11.0. The highest BCUT2D eigenvalue weighted by molar-refractivity contribution is 5.28. The zero-order valence-corrected chi connectivity index (χ0v) is 11.0. The summed E-state index contributed by atoms with van der Waals surface area (Å²) in [6, 6.07) is 7.81. The highest BCUT2D eigenvalue weighted by Crippen LogP contribution is 2.21. The van der Waals surface area contributed by atoms with Crippen molar-refractivity contribution in [2.45, 2.75) is 52.1 Å². The summed E-state index contributed by atoms with van der Waals surface area (Å²) in [7, 11) is 0. The Morgan fingerprint density at radius 2 is 1.71 bits per heavy atom. The van der Waals surface area contributed by atoms with Crippen LogP contribution in [0.15, 0.2) is 24.3 Å². The van der Waals surface area contributed by atoms with Gasteiger partial charge in [-0.2, -0.15) is 0 Å². The van der Waals surface area contributed by atoms with Crippen LogP contribution in [0.3, 0.4) is 0 Å². The third kappa shape index (κ3) is 5.22. The molecule has 1 atom stereocenters. The minimum Gasteiger partial charge on any atom is -0.494 e. The van der Waals surface area contributed by atoms with Gasteiger partial charge in [-0.15, -0.1) is 0 Å². The molecule has 0 aromatic heterocycles. The van der Waals surface area contributed by atoms with Crippen LogP contribution in [0.25, 0.3) is 0 Å². The first-order chi connectivity index (χ1) is 8.27. The first-order valence-corrected chi connectivity index (χ1v) is 6.68. The third-order valence-electron chi connectivity index (χ3n) is 2.86. The number of rotatable bonds is 8. The fraction of sp³-hybridized carbons (Fsp3) is 0.600. The summed E-state index contributed by atoms with van der Waals surface area (Å²) >= 11 is 0. The van der Waals surface area contributed by atoms with Gasteiger partial charge in [0.25, 0.3) is 0 Å². The molecule has 0 bridgehead atoms. The number of hydrogen-bond acceptors (Lipinski definition) is 2. The smallest absolute Gasteiger partial charge is 0.119 e. The second-order valence-corrected chi connectivity index (χ2v) is 4.43. The maximum Gasteiger partial charge on any atom is 0.119 e. The lowest BCUT2D eigenvalue weighted by molar-refractivity contribution is 0.164. The van der Waals surface area contributed by atoms with Gasteiger partial charge in [-0.3, -0.25) is 0 Å². The first kappa shape index (κ1) is 14.0. The molecule has 1 rings (SSSR count). The zero-order chi connectivity index (χ0) is 12.5. The molecule has 2 nitrogen and oxygen atoms in total. The van der Waals surface area contributed by atoms with Crippen LogP contribution in [-0.2, 0) is 0 Å². The molecule has 0 aliphatic rings. The lowest BCUT2D eigenvalue weighted by atomic mass is 10.0. The molecule has 1 aromatic rings. The van der Waals surface area contributed by atoms with E-state index in [0.717, 1.165) is 50.0 Å². The fourth-order valence-corrected chi connectivity index (χ4v) is 1.68. The Morgan fingerprint density at radius 1 is 1.06 bits per heavy atom. The second-order valence-electron chi connectivity index (χ2n) is 4.43. The van der Waals surface area contributed by atoms with Crippen LogP contribution < -0.4 is 4.74 Å². The largest absolute Gasteiger partial charge is 0.494 e. The van der Waals surface area contributed by atoms with Gasteiger partial charge in [-0.1, -0.05) is 45.2 Å². The van der Waals surface area contributed by atoms with Crippen LogP contribution in [-0.4, -0.2) is 11.7 Å². The average molecular weight is 236 g/mol. The molecule has 96 valence electrons. The Bertz CT molecular complexity index is 292.